The molecule has 1 unspecified atom stereocenters. The molecule has 11 nitrogen and oxygen atoms in total. The van der Waals surface area contributed by atoms with E-state index in [1.807, 2.05) is 16.7 Å². The number of pyridine rings is 1. The fourth-order valence-corrected chi connectivity index (χ4v) is 5.83. The molecule has 0 spiro atoms. The third kappa shape index (κ3) is 7.03. The highest BCUT2D eigenvalue weighted by molar-refractivity contribution is 6.14. The van der Waals surface area contributed by atoms with Gasteiger partial charge in [0.2, 0.25) is 11.7 Å². The largest absolute Gasteiger partial charge is 0.463 e. The molecule has 2 aromatic carbocycles. The van der Waals surface area contributed by atoms with E-state index in [0.29, 0.717) is 73.4 Å². The zero-order valence-electron chi connectivity index (χ0n) is 24.8. The first-order chi connectivity index (χ1) is 21.8. The topological polar surface area (TPSA) is 149 Å². The van der Waals surface area contributed by atoms with Crippen LogP contribution in [0.2, 0.25) is 0 Å². The Morgan fingerprint density at radius 1 is 1.09 bits per heavy atom. The molecule has 45 heavy (non-hydrogen) atoms. The summed E-state index contributed by atoms with van der Waals surface area (Å²) in [5.74, 6) is 1.21. The minimum absolute atomic E-state index is 0.115. The number of anilines is 2. The first kappa shape index (κ1) is 30.0. The molecule has 0 aliphatic carbocycles. The van der Waals surface area contributed by atoms with E-state index in [9.17, 15) is 14.3 Å². The fraction of sp³-hybridized carbons (Fsp3) is 0.273. The molecule has 12 heteroatoms. The second kappa shape index (κ2) is 13.3. The lowest BCUT2D eigenvalue weighted by Crippen LogP contribution is -3.10. The van der Waals surface area contributed by atoms with E-state index in [0.717, 1.165) is 24.5 Å². The van der Waals surface area contributed by atoms with Crippen LogP contribution >= 0.6 is 0 Å². The molecule has 2 fully saturated rings. The van der Waals surface area contributed by atoms with Gasteiger partial charge in [0.1, 0.15) is 25.5 Å². The maximum atomic E-state index is 13.3. The van der Waals surface area contributed by atoms with Crippen LogP contribution in [-0.2, 0) is 4.79 Å². The Labute approximate surface area is 260 Å². The number of carbonyl (C=O) groups is 1. The van der Waals surface area contributed by atoms with Crippen LogP contribution in [0.15, 0.2) is 79.3 Å². The normalized spacial score (nSPS) is 18.5. The molecule has 0 bridgehead atoms. The summed E-state index contributed by atoms with van der Waals surface area (Å²) in [7, 11) is 0. The molecule has 2 aromatic heterocycles. The van der Waals surface area contributed by atoms with Crippen molar-refractivity contribution in [1.29, 1.82) is 5.41 Å². The lowest BCUT2D eigenvalue weighted by molar-refractivity contribution is -0.876. The number of aromatic nitrogens is 3. The highest BCUT2D eigenvalue weighted by Gasteiger charge is 2.33. The second-order valence-corrected chi connectivity index (χ2v) is 11.4. The molecule has 4 heterocycles. The third-order valence-corrected chi connectivity index (χ3v) is 8.41. The summed E-state index contributed by atoms with van der Waals surface area (Å²) in [6.45, 7) is 4.67. The van der Waals surface area contributed by atoms with E-state index in [4.69, 9.17) is 11.1 Å². The Balaban J connectivity index is 1.00. The number of nitrogen functional groups attached to an aromatic ring is 1. The predicted octanol–water partition coefficient (Wildman–Crippen LogP) is 2.14. The van der Waals surface area contributed by atoms with Crippen molar-refractivity contribution in [3.63, 3.8) is 0 Å². The van der Waals surface area contributed by atoms with Crippen LogP contribution in [0, 0.1) is 17.1 Å². The van der Waals surface area contributed by atoms with Gasteiger partial charge in [0.25, 0.3) is 0 Å². The van der Waals surface area contributed by atoms with E-state index < -0.39 is 0 Å². The summed E-state index contributed by atoms with van der Waals surface area (Å²) in [6, 6.07) is 16.5. The molecule has 4 aromatic rings. The van der Waals surface area contributed by atoms with E-state index in [2.05, 4.69) is 25.2 Å². The zero-order chi connectivity index (χ0) is 31.3. The standard InChI is InChI=1S/C33H34FN9O2/c34-25-5-2-22(3-6-25)31(36)27-18-26(7-8-28(27)35)40-33(45)24-10-13-41(20-24)21-30(44)43-16-14-42(15-17-43)29-9-4-23(19-39-29)32-37-11-1-12-38-32/h1-9,11-12,18-19,24H,10,13-17,20-21H2,(H4,35,36,40,45)/p+2. The number of carbonyl (C=O) groups excluding carboxylic acids is 1. The number of halogens is 1. The van der Waals surface area contributed by atoms with Crippen molar-refractivity contribution >= 4 is 34.7 Å². The smallest absolute Gasteiger partial charge is 0.348 e. The van der Waals surface area contributed by atoms with Crippen LogP contribution in [0.5, 0.6) is 0 Å². The van der Waals surface area contributed by atoms with Crippen LogP contribution in [0.4, 0.5) is 21.6 Å². The molecule has 2 aliphatic heterocycles. The molecule has 2 saturated heterocycles. The number of nitrogens with one attached hydrogen (secondary N) is 3. The number of hydrogen-bond acceptors (Lipinski definition) is 7. The molecule has 1 atom stereocenters. The van der Waals surface area contributed by atoms with Gasteiger partial charge in [0.05, 0.1) is 11.6 Å². The van der Waals surface area contributed by atoms with Gasteiger partial charge < -0.3 is 16.2 Å². The first-order valence-electron chi connectivity index (χ1n) is 15.0. The molecular formula is C33H36FN9O2+2. The van der Waals surface area contributed by atoms with Crippen LogP contribution in [-0.4, -0.2) is 92.9 Å². The van der Waals surface area contributed by atoms with Crippen LogP contribution in [0.1, 0.15) is 17.5 Å². The van der Waals surface area contributed by atoms with Crippen molar-refractivity contribution in [2.75, 3.05) is 56.9 Å². The summed E-state index contributed by atoms with van der Waals surface area (Å²) in [6.07, 6.45) is 5.91. The predicted molar refractivity (Wildman–Crippen MR) is 170 cm³/mol. The number of aliphatic hydroxyl groups excluding tert-OH is 1. The Hall–Kier alpha value is -5.07. The molecule has 6 rings (SSSR count). The van der Waals surface area contributed by atoms with Crippen molar-refractivity contribution in [3.05, 3.63) is 96.2 Å². The zero-order valence-corrected chi connectivity index (χ0v) is 24.8. The van der Waals surface area contributed by atoms with Crippen LogP contribution < -0.4 is 16.0 Å². The summed E-state index contributed by atoms with van der Waals surface area (Å²) in [4.78, 5) is 29.7. The number of piperazine rings is 1. The molecule has 0 radical (unpaired) electrons. The molecule has 1 amide bonds. The SMILES string of the molecule is N=C(c1ccc(F)cc1)c1cc(NC(=O)C2CCN(CC(O)=[N+]3CC[NH+](c4ccc(-c5ncccn5)cn4)CC3)C2)ccc1N. The Morgan fingerprint density at radius 3 is 2.56 bits per heavy atom. The number of likely N-dealkylation sites (tertiary alicyclic amines) is 1. The van der Waals surface area contributed by atoms with Gasteiger partial charge in [-0.15, -0.1) is 0 Å². The third-order valence-electron chi connectivity index (χ3n) is 8.41. The van der Waals surface area contributed by atoms with Gasteiger partial charge in [-0.3, -0.25) is 20.0 Å². The molecule has 0 saturated carbocycles. The van der Waals surface area contributed by atoms with Crippen LogP contribution in [0.3, 0.4) is 0 Å². The molecule has 230 valence electrons. The maximum Gasteiger partial charge on any atom is 0.348 e. The van der Waals surface area contributed by atoms with Gasteiger partial charge in [0.15, 0.2) is 18.9 Å². The number of rotatable bonds is 8. The molecule has 2 aliphatic rings. The van der Waals surface area contributed by atoms with Crippen molar-refractivity contribution in [3.8, 4) is 11.4 Å². The number of aliphatic hydroxyl groups is 1. The fourth-order valence-electron chi connectivity index (χ4n) is 5.83. The lowest BCUT2D eigenvalue weighted by Gasteiger charge is -2.22. The summed E-state index contributed by atoms with van der Waals surface area (Å²) < 4.78 is 15.3. The lowest BCUT2D eigenvalue weighted by atomic mass is 10.00. The van der Waals surface area contributed by atoms with Crippen molar-refractivity contribution < 1.29 is 23.8 Å². The Morgan fingerprint density at radius 2 is 1.84 bits per heavy atom. The van der Waals surface area contributed by atoms with Crippen molar-refractivity contribution in [1.82, 2.24) is 19.9 Å². The number of quaternary nitrogens is 1. The van der Waals surface area contributed by atoms with E-state index in [1.165, 1.54) is 29.2 Å². The van der Waals surface area contributed by atoms with Gasteiger partial charge in [0, 0.05) is 59.3 Å². The number of nitrogens with two attached hydrogens (primary N) is 1. The minimum Gasteiger partial charge on any atom is -0.463 e. The summed E-state index contributed by atoms with van der Waals surface area (Å²) in [5, 5.41) is 22.4. The van der Waals surface area contributed by atoms with Gasteiger partial charge in [-0.05, 0) is 67.6 Å². The van der Waals surface area contributed by atoms with Crippen LogP contribution in [0.25, 0.3) is 11.4 Å². The van der Waals surface area contributed by atoms with Gasteiger partial charge in [-0.2, -0.15) is 4.58 Å². The number of hydrogen-bond donors (Lipinski definition) is 5. The quantitative estimate of drug-likeness (QED) is 0.0890. The van der Waals surface area contributed by atoms with E-state index in [1.54, 1.807) is 42.9 Å². The number of amides is 1. The van der Waals surface area contributed by atoms with E-state index in [-0.39, 0.29) is 23.4 Å². The number of benzene rings is 2. The van der Waals surface area contributed by atoms with Crippen molar-refractivity contribution in [2.24, 2.45) is 5.92 Å². The minimum atomic E-state index is -0.379. The summed E-state index contributed by atoms with van der Waals surface area (Å²) >= 11 is 0. The molecule has 6 N–H and O–H groups in total. The first-order valence-corrected chi connectivity index (χ1v) is 15.0. The highest BCUT2D eigenvalue weighted by Crippen LogP contribution is 2.24. The number of nitrogens with zero attached hydrogens (tertiary/aromatic N) is 5. The van der Waals surface area contributed by atoms with E-state index >= 15 is 0 Å². The summed E-state index contributed by atoms with van der Waals surface area (Å²) in [5.41, 5.74) is 9.08. The monoisotopic (exact) mass is 609 g/mol. The molecular weight excluding hydrogens is 573 g/mol. The Kier molecular flexibility index (Phi) is 8.85. The Bertz CT molecular complexity index is 1700. The van der Waals surface area contributed by atoms with Gasteiger partial charge in [-0.1, -0.05) is 0 Å². The van der Waals surface area contributed by atoms with Crippen molar-refractivity contribution in [2.45, 2.75) is 6.42 Å². The average molecular weight is 610 g/mol. The average Bonchev–Trinajstić information content (AvgIpc) is 3.55. The second-order valence-electron chi connectivity index (χ2n) is 11.4. The maximum absolute atomic E-state index is 13.3. The van der Waals surface area contributed by atoms with Gasteiger partial charge >= 0.3 is 5.90 Å². The highest BCUT2D eigenvalue weighted by atomic mass is 19.1. The van der Waals surface area contributed by atoms with Gasteiger partial charge in [-0.25, -0.2) is 19.3 Å².